The molecule has 1 unspecified atom stereocenters. The molecule has 0 aliphatic carbocycles. The summed E-state index contributed by atoms with van der Waals surface area (Å²) in [5, 5.41) is 3.27. The van der Waals surface area contributed by atoms with Crippen LogP contribution in [0.4, 0.5) is 8.78 Å². The highest BCUT2D eigenvalue weighted by molar-refractivity contribution is 6.31. The SMILES string of the molecule is Fc1ccc(-c2ccc(F)c(Cl)c2)c(COC2CCNC2)c1. The smallest absolute Gasteiger partial charge is 0.141 e. The second-order valence-electron chi connectivity index (χ2n) is 5.36. The number of hydrogen-bond acceptors (Lipinski definition) is 2. The Bertz CT molecular complexity index is 672. The third-order valence-electron chi connectivity index (χ3n) is 3.79. The van der Waals surface area contributed by atoms with Crippen LogP contribution < -0.4 is 5.32 Å². The number of hydrogen-bond donors (Lipinski definition) is 1. The second kappa shape index (κ2) is 6.73. The van der Waals surface area contributed by atoms with E-state index in [1.807, 2.05) is 0 Å². The summed E-state index contributed by atoms with van der Waals surface area (Å²) in [6.45, 7) is 2.07. The van der Waals surface area contributed by atoms with Gasteiger partial charge in [0.05, 0.1) is 17.7 Å². The Balaban J connectivity index is 1.87. The van der Waals surface area contributed by atoms with Crippen LogP contribution in [-0.4, -0.2) is 19.2 Å². The molecule has 2 aromatic carbocycles. The van der Waals surface area contributed by atoms with E-state index in [-0.39, 0.29) is 16.9 Å². The van der Waals surface area contributed by atoms with Crippen molar-refractivity contribution in [2.45, 2.75) is 19.1 Å². The van der Waals surface area contributed by atoms with Crippen molar-refractivity contribution in [1.82, 2.24) is 5.32 Å². The summed E-state index contributed by atoms with van der Waals surface area (Å²) in [5.41, 5.74) is 2.28. The van der Waals surface area contributed by atoms with Gasteiger partial charge in [0.2, 0.25) is 0 Å². The number of halogens is 3. The van der Waals surface area contributed by atoms with Crippen molar-refractivity contribution in [3.05, 3.63) is 58.6 Å². The van der Waals surface area contributed by atoms with Crippen LogP contribution >= 0.6 is 11.6 Å². The zero-order valence-corrected chi connectivity index (χ0v) is 12.7. The van der Waals surface area contributed by atoms with Gasteiger partial charge < -0.3 is 10.1 Å². The van der Waals surface area contributed by atoms with Gasteiger partial charge in [-0.25, -0.2) is 8.78 Å². The Hall–Kier alpha value is -1.49. The van der Waals surface area contributed by atoms with Crippen molar-refractivity contribution in [2.75, 3.05) is 13.1 Å². The van der Waals surface area contributed by atoms with E-state index in [1.165, 1.54) is 18.2 Å². The van der Waals surface area contributed by atoms with Gasteiger partial charge in [-0.05, 0) is 53.9 Å². The lowest BCUT2D eigenvalue weighted by atomic mass is 10.00. The number of benzene rings is 2. The number of ether oxygens (including phenoxy) is 1. The molecule has 0 bridgehead atoms. The van der Waals surface area contributed by atoms with E-state index in [2.05, 4.69) is 5.32 Å². The van der Waals surface area contributed by atoms with Gasteiger partial charge in [-0.2, -0.15) is 0 Å². The van der Waals surface area contributed by atoms with Gasteiger partial charge in [-0.1, -0.05) is 23.7 Å². The lowest BCUT2D eigenvalue weighted by molar-refractivity contribution is 0.0543. The molecule has 2 aromatic rings. The van der Waals surface area contributed by atoms with E-state index in [1.54, 1.807) is 18.2 Å². The van der Waals surface area contributed by atoms with E-state index in [0.29, 0.717) is 6.61 Å². The zero-order chi connectivity index (χ0) is 15.5. The fraction of sp³-hybridized carbons (Fsp3) is 0.294. The molecule has 5 heteroatoms. The lowest BCUT2D eigenvalue weighted by Gasteiger charge is -2.14. The lowest BCUT2D eigenvalue weighted by Crippen LogP contribution is -2.16. The van der Waals surface area contributed by atoms with Gasteiger partial charge in [-0.15, -0.1) is 0 Å². The van der Waals surface area contributed by atoms with Crippen LogP contribution in [0, 0.1) is 11.6 Å². The summed E-state index contributed by atoms with van der Waals surface area (Å²) in [6, 6.07) is 9.00. The molecule has 1 atom stereocenters. The molecule has 116 valence electrons. The van der Waals surface area contributed by atoms with Crippen molar-refractivity contribution in [1.29, 1.82) is 0 Å². The Morgan fingerprint density at radius 1 is 1.18 bits per heavy atom. The van der Waals surface area contributed by atoms with Crippen LogP contribution in [0.2, 0.25) is 5.02 Å². The molecule has 1 heterocycles. The summed E-state index contributed by atoms with van der Waals surface area (Å²) in [4.78, 5) is 0. The minimum Gasteiger partial charge on any atom is -0.372 e. The fourth-order valence-corrected chi connectivity index (χ4v) is 2.79. The summed E-state index contributed by atoms with van der Waals surface area (Å²) < 4.78 is 32.7. The van der Waals surface area contributed by atoms with Gasteiger partial charge in [0.1, 0.15) is 11.6 Å². The molecule has 0 spiro atoms. The third-order valence-corrected chi connectivity index (χ3v) is 4.08. The van der Waals surface area contributed by atoms with Crippen LogP contribution in [0.15, 0.2) is 36.4 Å². The molecule has 0 saturated carbocycles. The predicted octanol–water partition coefficient (Wildman–Crippen LogP) is 4.16. The summed E-state index contributed by atoms with van der Waals surface area (Å²) in [6.07, 6.45) is 1.10. The van der Waals surface area contributed by atoms with E-state index in [0.717, 1.165) is 36.2 Å². The van der Waals surface area contributed by atoms with E-state index in [4.69, 9.17) is 16.3 Å². The minimum atomic E-state index is -0.470. The Morgan fingerprint density at radius 3 is 2.77 bits per heavy atom. The van der Waals surface area contributed by atoms with Crippen LogP contribution in [-0.2, 0) is 11.3 Å². The Kier molecular flexibility index (Phi) is 4.71. The van der Waals surface area contributed by atoms with Crippen molar-refractivity contribution >= 4 is 11.6 Å². The zero-order valence-electron chi connectivity index (χ0n) is 11.9. The molecule has 0 aromatic heterocycles. The molecule has 1 fully saturated rings. The summed E-state index contributed by atoms with van der Waals surface area (Å²) in [7, 11) is 0. The number of nitrogens with one attached hydrogen (secondary N) is 1. The average molecular weight is 324 g/mol. The molecule has 22 heavy (non-hydrogen) atoms. The highest BCUT2D eigenvalue weighted by atomic mass is 35.5. The van der Waals surface area contributed by atoms with Gasteiger partial charge in [-0.3, -0.25) is 0 Å². The highest BCUT2D eigenvalue weighted by Gasteiger charge is 2.16. The first-order valence-corrected chi connectivity index (χ1v) is 7.57. The van der Waals surface area contributed by atoms with Crippen LogP contribution in [0.25, 0.3) is 11.1 Å². The normalized spacial score (nSPS) is 17.9. The monoisotopic (exact) mass is 323 g/mol. The standard InChI is InChI=1S/C17H16ClF2NO/c18-16-8-11(1-4-17(16)20)15-3-2-13(19)7-12(15)10-22-14-5-6-21-9-14/h1-4,7-8,14,21H,5-6,9-10H2. The molecule has 1 aliphatic rings. The van der Waals surface area contributed by atoms with Crippen molar-refractivity contribution < 1.29 is 13.5 Å². The molecular weight excluding hydrogens is 308 g/mol. The fourth-order valence-electron chi connectivity index (χ4n) is 2.61. The molecule has 0 radical (unpaired) electrons. The van der Waals surface area contributed by atoms with E-state index < -0.39 is 5.82 Å². The first-order valence-electron chi connectivity index (χ1n) is 7.19. The molecule has 3 rings (SSSR count). The maximum atomic E-state index is 13.6. The number of rotatable bonds is 4. The maximum Gasteiger partial charge on any atom is 0.141 e. The molecule has 1 aliphatic heterocycles. The topological polar surface area (TPSA) is 21.3 Å². The molecule has 0 amide bonds. The Morgan fingerprint density at radius 2 is 2.05 bits per heavy atom. The molecule has 1 saturated heterocycles. The van der Waals surface area contributed by atoms with E-state index >= 15 is 0 Å². The van der Waals surface area contributed by atoms with Crippen LogP contribution in [0.5, 0.6) is 0 Å². The second-order valence-corrected chi connectivity index (χ2v) is 5.76. The Labute approximate surface area is 133 Å². The van der Waals surface area contributed by atoms with E-state index in [9.17, 15) is 8.78 Å². The minimum absolute atomic E-state index is 0.0497. The van der Waals surface area contributed by atoms with Crippen LogP contribution in [0.1, 0.15) is 12.0 Å². The summed E-state index contributed by atoms with van der Waals surface area (Å²) in [5.74, 6) is -0.789. The third kappa shape index (κ3) is 3.46. The first-order chi connectivity index (χ1) is 10.6. The van der Waals surface area contributed by atoms with Crippen molar-refractivity contribution in [2.24, 2.45) is 0 Å². The predicted molar refractivity (Wildman–Crippen MR) is 82.9 cm³/mol. The van der Waals surface area contributed by atoms with Gasteiger partial charge in [0, 0.05) is 6.54 Å². The van der Waals surface area contributed by atoms with Gasteiger partial charge in [0.25, 0.3) is 0 Å². The summed E-state index contributed by atoms with van der Waals surface area (Å²) >= 11 is 5.84. The quantitative estimate of drug-likeness (QED) is 0.912. The van der Waals surface area contributed by atoms with Crippen LogP contribution in [0.3, 0.4) is 0 Å². The van der Waals surface area contributed by atoms with Crippen molar-refractivity contribution in [3.8, 4) is 11.1 Å². The molecule has 1 N–H and O–H groups in total. The maximum absolute atomic E-state index is 13.6. The average Bonchev–Trinajstić information content (AvgIpc) is 3.02. The van der Waals surface area contributed by atoms with Gasteiger partial charge >= 0.3 is 0 Å². The largest absolute Gasteiger partial charge is 0.372 e. The molecule has 2 nitrogen and oxygen atoms in total. The van der Waals surface area contributed by atoms with Crippen molar-refractivity contribution in [3.63, 3.8) is 0 Å². The first kappa shape index (κ1) is 15.4. The molecular formula is C17H16ClF2NO. The van der Waals surface area contributed by atoms with Gasteiger partial charge in [0.15, 0.2) is 0 Å². The highest BCUT2D eigenvalue weighted by Crippen LogP contribution is 2.29.